The largest absolute Gasteiger partial charge is 0.465 e. The van der Waals surface area contributed by atoms with Crippen LogP contribution in [0.4, 0.5) is 0 Å². The number of methoxy groups -OCH3 is 1. The van der Waals surface area contributed by atoms with Crippen LogP contribution in [0.1, 0.15) is 40.5 Å². The Balaban J connectivity index is 3.31. The van der Waals surface area contributed by atoms with Crippen LogP contribution in [0.3, 0.4) is 0 Å². The molecule has 0 saturated heterocycles. The molecule has 0 spiro atoms. The average molecular weight is 236 g/mol. The molecule has 0 bridgehead atoms. The van der Waals surface area contributed by atoms with E-state index in [9.17, 15) is 9.59 Å². The van der Waals surface area contributed by atoms with E-state index in [4.69, 9.17) is 4.74 Å². The molecule has 0 unspecified atom stereocenters. The zero-order valence-electron chi connectivity index (χ0n) is 11.2. The van der Waals surface area contributed by atoms with Gasteiger partial charge in [0.1, 0.15) is 5.57 Å². The van der Waals surface area contributed by atoms with Gasteiger partial charge in [-0.05, 0) is 32.3 Å². The molecule has 0 aromatic rings. The average Bonchev–Trinajstić information content (AvgIpc) is 2.23. The van der Waals surface area contributed by atoms with Crippen molar-refractivity contribution in [3.05, 3.63) is 22.8 Å². The fourth-order valence-corrected chi connectivity index (χ4v) is 1.99. The Bertz CT molecular complexity index is 407. The van der Waals surface area contributed by atoms with Crippen LogP contribution in [0.25, 0.3) is 0 Å². The van der Waals surface area contributed by atoms with E-state index in [0.29, 0.717) is 0 Å². The second kappa shape index (κ2) is 4.86. The number of rotatable bonds is 2. The predicted molar refractivity (Wildman–Crippen MR) is 66.5 cm³/mol. The van der Waals surface area contributed by atoms with Crippen LogP contribution < -0.4 is 0 Å². The van der Waals surface area contributed by atoms with Gasteiger partial charge in [-0.25, -0.2) is 4.79 Å². The second-order valence-electron chi connectivity index (χ2n) is 5.33. The van der Waals surface area contributed by atoms with Gasteiger partial charge in [-0.15, -0.1) is 0 Å². The van der Waals surface area contributed by atoms with Gasteiger partial charge < -0.3 is 4.74 Å². The monoisotopic (exact) mass is 236 g/mol. The van der Waals surface area contributed by atoms with Crippen molar-refractivity contribution in [2.45, 2.75) is 40.5 Å². The lowest BCUT2D eigenvalue weighted by Crippen LogP contribution is -2.34. The standard InChI is InChI=1S/C14H20O3/c1-9(2)8-10-6-7-14(3,4)12(15)11(10)13(16)17-5/h8H,6-7H2,1-5H3. The third kappa shape index (κ3) is 2.84. The van der Waals surface area contributed by atoms with E-state index in [1.165, 1.54) is 7.11 Å². The summed E-state index contributed by atoms with van der Waals surface area (Å²) in [7, 11) is 1.31. The summed E-state index contributed by atoms with van der Waals surface area (Å²) in [6, 6.07) is 0. The first-order valence-corrected chi connectivity index (χ1v) is 5.81. The summed E-state index contributed by atoms with van der Waals surface area (Å²) in [5.41, 5.74) is 1.64. The fourth-order valence-electron chi connectivity index (χ4n) is 1.99. The topological polar surface area (TPSA) is 43.4 Å². The summed E-state index contributed by atoms with van der Waals surface area (Å²) >= 11 is 0. The first kappa shape index (κ1) is 13.7. The summed E-state index contributed by atoms with van der Waals surface area (Å²) in [5.74, 6) is -0.627. The number of hydrogen-bond acceptors (Lipinski definition) is 3. The molecule has 0 fully saturated rings. The van der Waals surface area contributed by atoms with Crippen molar-refractivity contribution in [1.29, 1.82) is 0 Å². The molecule has 0 atom stereocenters. The van der Waals surface area contributed by atoms with Gasteiger partial charge >= 0.3 is 5.97 Å². The van der Waals surface area contributed by atoms with E-state index in [1.807, 2.05) is 33.8 Å². The van der Waals surface area contributed by atoms with Gasteiger partial charge in [-0.2, -0.15) is 0 Å². The molecule has 0 aliphatic heterocycles. The van der Waals surface area contributed by atoms with E-state index in [0.717, 1.165) is 24.0 Å². The third-order valence-electron chi connectivity index (χ3n) is 3.03. The van der Waals surface area contributed by atoms with Crippen LogP contribution in [0, 0.1) is 5.41 Å². The molecule has 0 amide bonds. The van der Waals surface area contributed by atoms with E-state index in [1.54, 1.807) is 0 Å². The smallest absolute Gasteiger partial charge is 0.341 e. The zero-order valence-corrected chi connectivity index (χ0v) is 11.2. The number of ketones is 1. The Morgan fingerprint density at radius 1 is 1.35 bits per heavy atom. The Morgan fingerprint density at radius 2 is 1.94 bits per heavy atom. The van der Waals surface area contributed by atoms with E-state index >= 15 is 0 Å². The highest BCUT2D eigenvalue weighted by Gasteiger charge is 2.38. The number of Topliss-reactive ketones (excluding diaryl/α,β-unsaturated/α-hetero) is 1. The van der Waals surface area contributed by atoms with Crippen molar-refractivity contribution in [1.82, 2.24) is 0 Å². The molecule has 3 nitrogen and oxygen atoms in total. The maximum Gasteiger partial charge on any atom is 0.341 e. The lowest BCUT2D eigenvalue weighted by molar-refractivity contribution is -0.139. The van der Waals surface area contributed by atoms with E-state index in [2.05, 4.69) is 0 Å². The Hall–Kier alpha value is -1.38. The molecule has 0 N–H and O–H groups in total. The minimum Gasteiger partial charge on any atom is -0.465 e. The quantitative estimate of drug-likeness (QED) is 0.547. The molecular formula is C14H20O3. The highest BCUT2D eigenvalue weighted by molar-refractivity contribution is 6.20. The summed E-state index contributed by atoms with van der Waals surface area (Å²) in [5, 5.41) is 0. The summed E-state index contributed by atoms with van der Waals surface area (Å²) in [4.78, 5) is 24.0. The number of ether oxygens (including phenoxy) is 1. The van der Waals surface area contributed by atoms with Crippen LogP contribution in [-0.2, 0) is 14.3 Å². The SMILES string of the molecule is COC(=O)C1=C(C=C(C)C)CCC(C)(C)C1=O. The summed E-state index contributed by atoms with van der Waals surface area (Å²) in [6.07, 6.45) is 3.42. The minimum absolute atomic E-state index is 0.108. The van der Waals surface area contributed by atoms with Crippen molar-refractivity contribution in [2.24, 2.45) is 5.41 Å². The molecule has 0 saturated carbocycles. The van der Waals surface area contributed by atoms with Crippen molar-refractivity contribution in [3.8, 4) is 0 Å². The lowest BCUT2D eigenvalue weighted by atomic mass is 9.73. The highest BCUT2D eigenvalue weighted by atomic mass is 16.5. The van der Waals surface area contributed by atoms with Gasteiger partial charge in [0.2, 0.25) is 0 Å². The zero-order chi connectivity index (χ0) is 13.2. The van der Waals surface area contributed by atoms with Crippen molar-refractivity contribution < 1.29 is 14.3 Å². The Morgan fingerprint density at radius 3 is 2.41 bits per heavy atom. The van der Waals surface area contributed by atoms with Crippen LogP contribution in [-0.4, -0.2) is 18.9 Å². The Kier molecular flexibility index (Phi) is 3.91. The van der Waals surface area contributed by atoms with Gasteiger partial charge in [0.25, 0.3) is 0 Å². The molecule has 1 aliphatic rings. The van der Waals surface area contributed by atoms with Crippen molar-refractivity contribution >= 4 is 11.8 Å². The number of carbonyl (C=O) groups is 2. The van der Waals surface area contributed by atoms with Gasteiger partial charge in [-0.1, -0.05) is 25.5 Å². The number of allylic oxidation sites excluding steroid dienone is 3. The van der Waals surface area contributed by atoms with Crippen LogP contribution >= 0.6 is 0 Å². The normalized spacial score (nSPS) is 19.0. The number of esters is 1. The van der Waals surface area contributed by atoms with Crippen molar-refractivity contribution in [3.63, 3.8) is 0 Å². The van der Waals surface area contributed by atoms with E-state index in [-0.39, 0.29) is 11.4 Å². The molecular weight excluding hydrogens is 216 g/mol. The molecule has 0 radical (unpaired) electrons. The van der Waals surface area contributed by atoms with Gasteiger partial charge in [0.15, 0.2) is 5.78 Å². The Labute approximate surface area is 103 Å². The third-order valence-corrected chi connectivity index (χ3v) is 3.03. The number of hydrogen-bond donors (Lipinski definition) is 0. The molecule has 0 heterocycles. The summed E-state index contributed by atoms with van der Waals surface area (Å²) in [6.45, 7) is 7.65. The number of carbonyl (C=O) groups excluding carboxylic acids is 2. The minimum atomic E-state index is -0.518. The van der Waals surface area contributed by atoms with Crippen LogP contribution in [0.5, 0.6) is 0 Å². The summed E-state index contributed by atoms with van der Waals surface area (Å²) < 4.78 is 4.72. The first-order chi connectivity index (χ1) is 7.79. The molecule has 1 rings (SSSR count). The fraction of sp³-hybridized carbons (Fsp3) is 0.571. The van der Waals surface area contributed by atoms with Gasteiger partial charge in [0.05, 0.1) is 7.11 Å². The molecule has 1 aliphatic carbocycles. The predicted octanol–water partition coefficient (Wildman–Crippen LogP) is 2.81. The van der Waals surface area contributed by atoms with Crippen LogP contribution in [0.2, 0.25) is 0 Å². The maximum atomic E-state index is 12.3. The molecule has 0 aromatic heterocycles. The molecule has 0 aromatic carbocycles. The molecule has 3 heteroatoms. The molecule has 94 valence electrons. The van der Waals surface area contributed by atoms with Gasteiger partial charge in [0, 0.05) is 5.41 Å². The molecule has 17 heavy (non-hydrogen) atoms. The lowest BCUT2D eigenvalue weighted by Gasteiger charge is -2.29. The van der Waals surface area contributed by atoms with Crippen molar-refractivity contribution in [2.75, 3.05) is 7.11 Å². The highest BCUT2D eigenvalue weighted by Crippen LogP contribution is 2.36. The van der Waals surface area contributed by atoms with Gasteiger partial charge in [-0.3, -0.25) is 4.79 Å². The second-order valence-corrected chi connectivity index (χ2v) is 5.33. The van der Waals surface area contributed by atoms with E-state index < -0.39 is 11.4 Å². The maximum absolute atomic E-state index is 12.3. The van der Waals surface area contributed by atoms with Crippen LogP contribution in [0.15, 0.2) is 22.8 Å². The first-order valence-electron chi connectivity index (χ1n) is 5.81.